The molecule has 3 aromatic rings. The Morgan fingerprint density at radius 2 is 1.86 bits per heavy atom. The van der Waals surface area contributed by atoms with Crippen LogP contribution in [0.2, 0.25) is 0 Å². The van der Waals surface area contributed by atoms with Crippen molar-refractivity contribution in [3.05, 3.63) is 45.7 Å². The number of anilines is 1. The highest BCUT2D eigenvalue weighted by molar-refractivity contribution is 9.10. The van der Waals surface area contributed by atoms with E-state index < -0.39 is 0 Å². The quantitative estimate of drug-likeness (QED) is 0.598. The second-order valence-electron chi connectivity index (χ2n) is 5.75. The third-order valence-corrected chi connectivity index (χ3v) is 5.64. The fourth-order valence-corrected chi connectivity index (χ4v) is 3.96. The van der Waals surface area contributed by atoms with Crippen LogP contribution >= 0.6 is 27.3 Å². The second kappa shape index (κ2) is 7.69. The Morgan fingerprint density at radius 1 is 1.14 bits per heavy atom. The first-order valence-corrected chi connectivity index (χ1v) is 9.84. The van der Waals surface area contributed by atoms with Gasteiger partial charge in [0.05, 0.1) is 19.9 Å². The maximum absolute atomic E-state index is 12.7. The summed E-state index contributed by atoms with van der Waals surface area (Å²) in [5, 5.41) is 5.16. The number of halogens is 1. The van der Waals surface area contributed by atoms with Crippen LogP contribution in [-0.2, 0) is 0 Å². The summed E-state index contributed by atoms with van der Waals surface area (Å²) in [6, 6.07) is 8.88. The minimum Gasteiger partial charge on any atom is -0.495 e. The van der Waals surface area contributed by atoms with Crippen LogP contribution in [0.4, 0.5) is 5.13 Å². The zero-order valence-corrected chi connectivity index (χ0v) is 17.3. The van der Waals surface area contributed by atoms with Crippen molar-refractivity contribution in [3.63, 3.8) is 0 Å². The molecule has 0 bridgehead atoms. The molecule has 1 amide bonds. The molecule has 0 atom stereocenters. The van der Waals surface area contributed by atoms with Crippen molar-refractivity contribution in [1.29, 1.82) is 0 Å². The smallest absolute Gasteiger partial charge is 0.257 e. The third kappa shape index (κ3) is 3.50. The van der Waals surface area contributed by atoms with Gasteiger partial charge in [-0.15, -0.1) is 11.3 Å². The van der Waals surface area contributed by atoms with Crippen molar-refractivity contribution >= 4 is 38.3 Å². The van der Waals surface area contributed by atoms with Gasteiger partial charge in [0.2, 0.25) is 6.79 Å². The summed E-state index contributed by atoms with van der Waals surface area (Å²) in [6.45, 7) is 0.220. The van der Waals surface area contributed by atoms with Gasteiger partial charge in [0.25, 0.3) is 5.91 Å². The Labute approximate surface area is 173 Å². The largest absolute Gasteiger partial charge is 0.495 e. The molecule has 2 heterocycles. The number of hydrogen-bond acceptors (Lipinski definition) is 7. The van der Waals surface area contributed by atoms with Gasteiger partial charge in [-0.2, -0.15) is 0 Å². The summed E-state index contributed by atoms with van der Waals surface area (Å²) >= 11 is 4.73. The van der Waals surface area contributed by atoms with E-state index in [9.17, 15) is 4.79 Å². The molecule has 0 aliphatic carbocycles. The number of ether oxygens (including phenoxy) is 4. The van der Waals surface area contributed by atoms with Crippen molar-refractivity contribution in [1.82, 2.24) is 4.98 Å². The van der Waals surface area contributed by atoms with Gasteiger partial charge in [-0.05, 0) is 46.3 Å². The maximum atomic E-state index is 12.7. The van der Waals surface area contributed by atoms with E-state index in [0.717, 1.165) is 11.3 Å². The minimum atomic E-state index is -0.310. The van der Waals surface area contributed by atoms with Crippen LogP contribution in [0.1, 0.15) is 10.4 Å². The molecule has 0 saturated heterocycles. The molecule has 0 unspecified atom stereocenters. The number of aromatic nitrogens is 1. The SMILES string of the molecule is COc1cc(C(=O)Nc2nc(-c3ccc4c(c3)OCO4)cs2)cc(OC)c1Br. The third-order valence-electron chi connectivity index (χ3n) is 4.10. The lowest BCUT2D eigenvalue weighted by molar-refractivity contribution is 0.102. The number of methoxy groups -OCH3 is 2. The van der Waals surface area contributed by atoms with E-state index in [2.05, 4.69) is 26.2 Å². The lowest BCUT2D eigenvalue weighted by Gasteiger charge is -2.11. The molecule has 0 spiro atoms. The average molecular weight is 463 g/mol. The highest BCUT2D eigenvalue weighted by Gasteiger charge is 2.18. The molecule has 1 N–H and O–H groups in total. The highest BCUT2D eigenvalue weighted by atomic mass is 79.9. The molecule has 1 aliphatic rings. The lowest BCUT2D eigenvalue weighted by atomic mass is 10.1. The number of thiazole rings is 1. The maximum Gasteiger partial charge on any atom is 0.257 e. The Bertz CT molecular complexity index is 1030. The number of benzene rings is 2. The first-order chi connectivity index (χ1) is 13.6. The number of amides is 1. The summed E-state index contributed by atoms with van der Waals surface area (Å²) in [6.07, 6.45) is 0. The molecule has 0 fully saturated rings. The molecular formula is C19H15BrN2O5S. The number of carbonyl (C=O) groups is 1. The zero-order chi connectivity index (χ0) is 19.7. The van der Waals surface area contributed by atoms with Gasteiger partial charge < -0.3 is 18.9 Å². The highest BCUT2D eigenvalue weighted by Crippen LogP contribution is 2.37. The minimum absolute atomic E-state index is 0.220. The standard InChI is InChI=1S/C19H15BrN2O5S/c1-24-15-6-11(7-16(25-2)17(15)20)18(23)22-19-21-12(8-28-19)10-3-4-13-14(5-10)27-9-26-13/h3-8H,9H2,1-2H3,(H,21,22,23). The topological polar surface area (TPSA) is 78.9 Å². The lowest BCUT2D eigenvalue weighted by Crippen LogP contribution is -2.12. The van der Waals surface area contributed by atoms with E-state index in [4.69, 9.17) is 18.9 Å². The molecule has 0 saturated carbocycles. The molecule has 1 aromatic heterocycles. The number of carbonyl (C=O) groups excluding carboxylic acids is 1. The Morgan fingerprint density at radius 3 is 2.57 bits per heavy atom. The molecule has 0 radical (unpaired) electrons. The van der Waals surface area contributed by atoms with Crippen molar-refractivity contribution in [3.8, 4) is 34.3 Å². The first-order valence-electron chi connectivity index (χ1n) is 8.17. The van der Waals surface area contributed by atoms with Crippen molar-refractivity contribution in [2.24, 2.45) is 0 Å². The van der Waals surface area contributed by atoms with E-state index >= 15 is 0 Å². The van der Waals surface area contributed by atoms with E-state index in [1.165, 1.54) is 25.6 Å². The summed E-state index contributed by atoms with van der Waals surface area (Å²) in [4.78, 5) is 17.1. The Kier molecular flexibility index (Phi) is 5.10. The van der Waals surface area contributed by atoms with Gasteiger partial charge >= 0.3 is 0 Å². The summed E-state index contributed by atoms with van der Waals surface area (Å²) in [5.74, 6) is 2.10. The zero-order valence-electron chi connectivity index (χ0n) is 14.9. The predicted molar refractivity (Wildman–Crippen MR) is 109 cm³/mol. The molecular weight excluding hydrogens is 448 g/mol. The summed E-state index contributed by atoms with van der Waals surface area (Å²) in [5.41, 5.74) is 2.02. The van der Waals surface area contributed by atoms with Gasteiger partial charge in [0, 0.05) is 16.5 Å². The van der Waals surface area contributed by atoms with Crippen LogP contribution in [0.25, 0.3) is 11.3 Å². The normalized spacial score (nSPS) is 12.0. The number of rotatable bonds is 5. The molecule has 144 valence electrons. The fourth-order valence-electron chi connectivity index (χ4n) is 2.69. The Balaban J connectivity index is 1.55. The number of hydrogen-bond donors (Lipinski definition) is 1. The van der Waals surface area contributed by atoms with E-state index in [-0.39, 0.29) is 12.7 Å². The second-order valence-corrected chi connectivity index (χ2v) is 7.41. The van der Waals surface area contributed by atoms with Gasteiger partial charge in [0.15, 0.2) is 16.6 Å². The molecule has 4 rings (SSSR count). The summed E-state index contributed by atoms with van der Waals surface area (Å²) < 4.78 is 21.9. The van der Waals surface area contributed by atoms with Gasteiger partial charge in [-0.1, -0.05) is 0 Å². The van der Waals surface area contributed by atoms with Gasteiger partial charge in [0.1, 0.15) is 16.0 Å². The van der Waals surface area contributed by atoms with Crippen LogP contribution in [0.3, 0.4) is 0 Å². The monoisotopic (exact) mass is 462 g/mol. The number of fused-ring (bicyclic) bond motifs is 1. The van der Waals surface area contributed by atoms with Crippen LogP contribution in [0.15, 0.2) is 40.2 Å². The average Bonchev–Trinajstić information content (AvgIpc) is 3.36. The van der Waals surface area contributed by atoms with Gasteiger partial charge in [-0.25, -0.2) is 4.98 Å². The van der Waals surface area contributed by atoms with E-state index in [0.29, 0.717) is 38.2 Å². The van der Waals surface area contributed by atoms with E-state index in [1.807, 2.05) is 23.6 Å². The number of nitrogens with zero attached hydrogens (tertiary/aromatic N) is 1. The first kappa shape index (κ1) is 18.6. The molecule has 2 aromatic carbocycles. The van der Waals surface area contributed by atoms with Crippen LogP contribution in [-0.4, -0.2) is 31.9 Å². The predicted octanol–water partition coefficient (Wildman–Crippen LogP) is 4.57. The fraction of sp³-hybridized carbons (Fsp3) is 0.158. The summed E-state index contributed by atoms with van der Waals surface area (Å²) in [7, 11) is 3.05. The van der Waals surface area contributed by atoms with Crippen LogP contribution in [0.5, 0.6) is 23.0 Å². The van der Waals surface area contributed by atoms with Crippen molar-refractivity contribution in [2.75, 3.05) is 26.3 Å². The number of nitrogens with one attached hydrogen (secondary N) is 1. The van der Waals surface area contributed by atoms with Crippen molar-refractivity contribution in [2.45, 2.75) is 0 Å². The molecule has 7 nitrogen and oxygen atoms in total. The van der Waals surface area contributed by atoms with Crippen LogP contribution in [0, 0.1) is 0 Å². The molecule has 28 heavy (non-hydrogen) atoms. The van der Waals surface area contributed by atoms with Crippen molar-refractivity contribution < 1.29 is 23.7 Å². The van der Waals surface area contributed by atoms with Crippen LogP contribution < -0.4 is 24.3 Å². The van der Waals surface area contributed by atoms with Gasteiger partial charge in [-0.3, -0.25) is 10.1 Å². The molecule has 1 aliphatic heterocycles. The Hall–Kier alpha value is -2.78. The molecule has 9 heteroatoms. The van der Waals surface area contributed by atoms with E-state index in [1.54, 1.807) is 12.1 Å².